The van der Waals surface area contributed by atoms with Crippen LogP contribution in [0.5, 0.6) is 0 Å². The van der Waals surface area contributed by atoms with Crippen molar-refractivity contribution >= 4 is 0 Å². The first-order chi connectivity index (χ1) is 8.31. The average Bonchev–Trinajstić information content (AvgIpc) is 2.26. The zero-order valence-electron chi connectivity index (χ0n) is 12.6. The SMILES string of the molecule is Cc1cc(C)c(C)c(C(C)(C)CNCCO)c1C. The van der Waals surface area contributed by atoms with Crippen LogP contribution in [0.3, 0.4) is 0 Å². The van der Waals surface area contributed by atoms with Crippen LogP contribution in [-0.2, 0) is 5.41 Å². The Morgan fingerprint density at radius 3 is 2.00 bits per heavy atom. The molecule has 0 bridgehead atoms. The van der Waals surface area contributed by atoms with Crippen LogP contribution < -0.4 is 5.32 Å². The molecule has 0 aliphatic heterocycles. The Morgan fingerprint density at radius 2 is 1.56 bits per heavy atom. The third-order valence-electron chi connectivity index (χ3n) is 3.90. The van der Waals surface area contributed by atoms with Crippen molar-refractivity contribution in [3.05, 3.63) is 33.9 Å². The molecule has 1 aromatic carbocycles. The fourth-order valence-corrected chi connectivity index (χ4v) is 2.80. The molecule has 18 heavy (non-hydrogen) atoms. The topological polar surface area (TPSA) is 32.3 Å². The van der Waals surface area contributed by atoms with Gasteiger partial charge in [0.15, 0.2) is 0 Å². The van der Waals surface area contributed by atoms with E-state index in [0.717, 1.165) is 6.54 Å². The van der Waals surface area contributed by atoms with Gasteiger partial charge in [-0.3, -0.25) is 0 Å². The number of aryl methyl sites for hydroxylation is 2. The van der Waals surface area contributed by atoms with Crippen LogP contribution in [0, 0.1) is 27.7 Å². The number of aliphatic hydroxyl groups excluding tert-OH is 1. The summed E-state index contributed by atoms with van der Waals surface area (Å²) in [5.41, 5.74) is 7.06. The normalized spacial score (nSPS) is 11.9. The van der Waals surface area contributed by atoms with Crippen LogP contribution in [0.2, 0.25) is 0 Å². The third kappa shape index (κ3) is 3.12. The van der Waals surface area contributed by atoms with E-state index < -0.39 is 0 Å². The highest BCUT2D eigenvalue weighted by Gasteiger charge is 2.25. The lowest BCUT2D eigenvalue weighted by Crippen LogP contribution is -2.35. The Morgan fingerprint density at radius 1 is 1.06 bits per heavy atom. The molecule has 0 atom stereocenters. The van der Waals surface area contributed by atoms with E-state index in [2.05, 4.69) is 52.9 Å². The summed E-state index contributed by atoms with van der Waals surface area (Å²) in [4.78, 5) is 0. The molecule has 2 N–H and O–H groups in total. The Balaban J connectivity index is 3.14. The largest absolute Gasteiger partial charge is 0.395 e. The van der Waals surface area contributed by atoms with E-state index in [4.69, 9.17) is 5.11 Å². The van der Waals surface area contributed by atoms with Crippen molar-refractivity contribution < 1.29 is 5.11 Å². The molecule has 1 aromatic rings. The monoisotopic (exact) mass is 249 g/mol. The summed E-state index contributed by atoms with van der Waals surface area (Å²) in [7, 11) is 0. The second-order valence-corrected chi connectivity index (χ2v) is 5.92. The lowest BCUT2D eigenvalue weighted by molar-refractivity contribution is 0.286. The molecule has 0 aliphatic rings. The summed E-state index contributed by atoms with van der Waals surface area (Å²) in [5.74, 6) is 0. The Bertz CT molecular complexity index is 395. The van der Waals surface area contributed by atoms with Crippen LogP contribution in [0.4, 0.5) is 0 Å². The summed E-state index contributed by atoms with van der Waals surface area (Å²) in [5, 5.41) is 12.2. The minimum absolute atomic E-state index is 0.0834. The molecule has 1 rings (SSSR count). The second-order valence-electron chi connectivity index (χ2n) is 5.92. The maximum atomic E-state index is 8.87. The minimum Gasteiger partial charge on any atom is -0.395 e. The third-order valence-corrected chi connectivity index (χ3v) is 3.90. The van der Waals surface area contributed by atoms with E-state index in [-0.39, 0.29) is 12.0 Å². The molecule has 0 spiro atoms. The van der Waals surface area contributed by atoms with Gasteiger partial charge >= 0.3 is 0 Å². The number of hydrogen-bond acceptors (Lipinski definition) is 2. The van der Waals surface area contributed by atoms with Gasteiger partial charge in [0.1, 0.15) is 0 Å². The highest BCUT2D eigenvalue weighted by Crippen LogP contribution is 2.32. The summed E-state index contributed by atoms with van der Waals surface area (Å²) < 4.78 is 0. The van der Waals surface area contributed by atoms with Crippen molar-refractivity contribution in [2.75, 3.05) is 19.7 Å². The maximum absolute atomic E-state index is 8.87. The standard InChI is InChI=1S/C16H27NO/c1-11-9-12(2)14(4)15(13(11)3)16(5,6)10-17-7-8-18/h9,17-18H,7-8,10H2,1-6H3. The lowest BCUT2D eigenvalue weighted by Gasteiger charge is -2.31. The van der Waals surface area contributed by atoms with E-state index in [9.17, 15) is 0 Å². The van der Waals surface area contributed by atoms with Gasteiger partial charge in [-0.15, -0.1) is 0 Å². The van der Waals surface area contributed by atoms with Crippen molar-refractivity contribution in [2.24, 2.45) is 0 Å². The Labute approximate surface area is 111 Å². The van der Waals surface area contributed by atoms with Crippen LogP contribution in [0.1, 0.15) is 41.7 Å². The van der Waals surface area contributed by atoms with Gasteiger partial charge < -0.3 is 10.4 Å². The summed E-state index contributed by atoms with van der Waals surface area (Å²) in [6.07, 6.45) is 0. The zero-order valence-corrected chi connectivity index (χ0v) is 12.6. The molecule has 2 heteroatoms. The van der Waals surface area contributed by atoms with Crippen LogP contribution in [-0.4, -0.2) is 24.8 Å². The highest BCUT2D eigenvalue weighted by molar-refractivity contribution is 5.47. The predicted molar refractivity (Wildman–Crippen MR) is 78.4 cm³/mol. The fourth-order valence-electron chi connectivity index (χ4n) is 2.80. The van der Waals surface area contributed by atoms with Gasteiger partial charge in [-0.05, 0) is 55.5 Å². The maximum Gasteiger partial charge on any atom is 0.0555 e. The quantitative estimate of drug-likeness (QED) is 0.787. The molecule has 0 saturated heterocycles. The first-order valence-electron chi connectivity index (χ1n) is 6.70. The molecule has 0 aromatic heterocycles. The summed E-state index contributed by atoms with van der Waals surface area (Å²) >= 11 is 0. The van der Waals surface area contributed by atoms with Gasteiger partial charge in [0.05, 0.1) is 6.61 Å². The van der Waals surface area contributed by atoms with Crippen molar-refractivity contribution in [3.8, 4) is 0 Å². The van der Waals surface area contributed by atoms with Gasteiger partial charge in [0.2, 0.25) is 0 Å². The van der Waals surface area contributed by atoms with Gasteiger partial charge in [-0.1, -0.05) is 19.9 Å². The number of hydrogen-bond donors (Lipinski definition) is 2. The van der Waals surface area contributed by atoms with Crippen LogP contribution in [0.25, 0.3) is 0 Å². The van der Waals surface area contributed by atoms with Gasteiger partial charge in [-0.25, -0.2) is 0 Å². The van der Waals surface area contributed by atoms with Crippen molar-refractivity contribution in [1.82, 2.24) is 5.32 Å². The van der Waals surface area contributed by atoms with Crippen LogP contribution in [0.15, 0.2) is 6.07 Å². The fraction of sp³-hybridized carbons (Fsp3) is 0.625. The first kappa shape index (κ1) is 15.2. The number of rotatable bonds is 5. The predicted octanol–water partition coefficient (Wildman–Crippen LogP) is 2.78. The lowest BCUT2D eigenvalue weighted by atomic mass is 9.77. The zero-order chi connectivity index (χ0) is 13.9. The highest BCUT2D eigenvalue weighted by atomic mass is 16.3. The molecule has 0 radical (unpaired) electrons. The minimum atomic E-state index is 0.0834. The summed E-state index contributed by atoms with van der Waals surface area (Å²) in [6, 6.07) is 2.27. The van der Waals surface area contributed by atoms with Crippen LogP contribution >= 0.6 is 0 Å². The van der Waals surface area contributed by atoms with Gasteiger partial charge in [-0.2, -0.15) is 0 Å². The Hall–Kier alpha value is -0.860. The summed E-state index contributed by atoms with van der Waals surface area (Å²) in [6.45, 7) is 15.1. The molecular weight excluding hydrogens is 222 g/mol. The Kier molecular flexibility index (Phi) is 4.94. The van der Waals surface area contributed by atoms with E-state index in [0.29, 0.717) is 6.54 Å². The molecule has 0 fully saturated rings. The first-order valence-corrected chi connectivity index (χ1v) is 6.70. The second kappa shape index (κ2) is 5.85. The molecule has 2 nitrogen and oxygen atoms in total. The average molecular weight is 249 g/mol. The molecule has 0 unspecified atom stereocenters. The molecule has 0 heterocycles. The van der Waals surface area contributed by atoms with Gasteiger partial charge in [0, 0.05) is 18.5 Å². The van der Waals surface area contributed by atoms with Gasteiger partial charge in [0.25, 0.3) is 0 Å². The van der Waals surface area contributed by atoms with E-state index in [1.165, 1.54) is 27.8 Å². The molecule has 0 saturated carbocycles. The smallest absolute Gasteiger partial charge is 0.0555 e. The van der Waals surface area contributed by atoms with E-state index in [1.54, 1.807) is 0 Å². The number of nitrogens with one attached hydrogen (secondary N) is 1. The van der Waals surface area contributed by atoms with Crippen molar-refractivity contribution in [2.45, 2.75) is 47.0 Å². The number of aliphatic hydroxyl groups is 1. The van der Waals surface area contributed by atoms with E-state index >= 15 is 0 Å². The van der Waals surface area contributed by atoms with Crippen molar-refractivity contribution in [3.63, 3.8) is 0 Å². The number of benzene rings is 1. The molecule has 102 valence electrons. The molecule has 0 aliphatic carbocycles. The van der Waals surface area contributed by atoms with Crippen molar-refractivity contribution in [1.29, 1.82) is 0 Å². The molecular formula is C16H27NO. The molecule has 0 amide bonds. The van der Waals surface area contributed by atoms with E-state index in [1.807, 2.05) is 0 Å².